The van der Waals surface area contributed by atoms with Gasteiger partial charge in [0.25, 0.3) is 12.1 Å². The first-order valence-electron chi connectivity index (χ1n) is 6.08. The number of nitrogens with zero attached hydrogens (tertiary/aromatic N) is 1. The van der Waals surface area contributed by atoms with E-state index in [4.69, 9.17) is 0 Å². The second-order valence-corrected chi connectivity index (χ2v) is 5.87. The smallest absolute Gasteiger partial charge is 0.292 e. The van der Waals surface area contributed by atoms with Crippen LogP contribution in [0.4, 0.5) is 20.2 Å². The normalized spacial score (nSPS) is 11.6. The molecule has 0 aliphatic carbocycles. The van der Waals surface area contributed by atoms with E-state index in [0.717, 1.165) is 18.2 Å². The van der Waals surface area contributed by atoms with Crippen LogP contribution >= 0.6 is 0 Å². The molecule has 10 heteroatoms. The number of halogens is 2. The van der Waals surface area contributed by atoms with Crippen molar-refractivity contribution < 1.29 is 22.1 Å². The lowest BCUT2D eigenvalue weighted by molar-refractivity contribution is -0.384. The van der Waals surface area contributed by atoms with Crippen molar-refractivity contribution in [3.05, 3.63) is 28.3 Å². The lowest BCUT2D eigenvalue weighted by atomic mass is 10.2. The maximum absolute atomic E-state index is 12.1. The summed E-state index contributed by atoms with van der Waals surface area (Å²) in [5.74, 6) is 0. The Labute approximate surface area is 120 Å². The fraction of sp³-hybridized carbons (Fsp3) is 0.455. The molecule has 0 bridgehead atoms. The Bertz CT molecular complexity index is 607. The van der Waals surface area contributed by atoms with Crippen molar-refractivity contribution in [1.29, 1.82) is 0 Å². The zero-order valence-electron chi connectivity index (χ0n) is 11.2. The van der Waals surface area contributed by atoms with Gasteiger partial charge < -0.3 is 5.32 Å². The summed E-state index contributed by atoms with van der Waals surface area (Å²) in [6.45, 7) is 1.23. The number of alkyl halides is 2. The minimum atomic E-state index is -4.14. The van der Waals surface area contributed by atoms with Crippen LogP contribution in [0.15, 0.2) is 23.1 Å². The Kier molecular flexibility index (Phi) is 5.97. The average Bonchev–Trinajstić information content (AvgIpc) is 2.42. The molecule has 0 aromatic heterocycles. The highest BCUT2D eigenvalue weighted by atomic mass is 32.2. The average molecular weight is 323 g/mol. The molecule has 2 N–H and O–H groups in total. The molecule has 1 rings (SSSR count). The fourth-order valence-corrected chi connectivity index (χ4v) is 2.53. The molecule has 0 spiro atoms. The number of anilines is 1. The molecule has 0 aliphatic heterocycles. The quantitative estimate of drug-likeness (QED) is 0.562. The van der Waals surface area contributed by atoms with Gasteiger partial charge in [0, 0.05) is 12.6 Å². The van der Waals surface area contributed by atoms with Crippen molar-refractivity contribution >= 4 is 21.4 Å². The first kappa shape index (κ1) is 17.2. The van der Waals surface area contributed by atoms with E-state index < -0.39 is 27.9 Å². The second kappa shape index (κ2) is 7.27. The summed E-state index contributed by atoms with van der Waals surface area (Å²) in [5, 5.41) is 13.6. The summed E-state index contributed by atoms with van der Waals surface area (Å²) in [6, 6.07) is 3.08. The molecule has 0 aliphatic rings. The van der Waals surface area contributed by atoms with Crippen molar-refractivity contribution in [2.75, 3.05) is 18.4 Å². The highest BCUT2D eigenvalue weighted by Gasteiger charge is 2.21. The number of benzene rings is 1. The zero-order valence-corrected chi connectivity index (χ0v) is 12.0. The van der Waals surface area contributed by atoms with Gasteiger partial charge in [0.15, 0.2) is 0 Å². The van der Waals surface area contributed by atoms with Gasteiger partial charge in [-0.05, 0) is 18.6 Å². The highest BCUT2D eigenvalue weighted by Crippen LogP contribution is 2.27. The molecular weight excluding hydrogens is 308 g/mol. The van der Waals surface area contributed by atoms with E-state index in [1.54, 1.807) is 4.72 Å². The molecule has 0 amide bonds. The largest absolute Gasteiger partial charge is 0.379 e. The molecule has 0 saturated heterocycles. The zero-order chi connectivity index (χ0) is 16.0. The van der Waals surface area contributed by atoms with Crippen LogP contribution in [-0.4, -0.2) is 32.9 Å². The molecular formula is C11H15F2N3O4S. The third kappa shape index (κ3) is 4.90. The Morgan fingerprint density at radius 2 is 2.05 bits per heavy atom. The van der Waals surface area contributed by atoms with Crippen LogP contribution in [-0.2, 0) is 10.0 Å². The molecule has 21 heavy (non-hydrogen) atoms. The van der Waals surface area contributed by atoms with Gasteiger partial charge in [0.1, 0.15) is 5.69 Å². The summed E-state index contributed by atoms with van der Waals surface area (Å²) in [5.41, 5.74) is -0.252. The van der Waals surface area contributed by atoms with Crippen LogP contribution in [0, 0.1) is 10.1 Å². The van der Waals surface area contributed by atoms with Crippen LogP contribution in [0.25, 0.3) is 0 Å². The SMILES string of the molecule is CCCNc1cc(S(=O)(=O)NCC(F)F)ccc1[N+](=O)[O-]. The minimum Gasteiger partial charge on any atom is -0.379 e. The first-order chi connectivity index (χ1) is 9.77. The Morgan fingerprint density at radius 1 is 1.38 bits per heavy atom. The third-order valence-corrected chi connectivity index (χ3v) is 3.89. The van der Waals surface area contributed by atoms with Gasteiger partial charge in [-0.15, -0.1) is 0 Å². The van der Waals surface area contributed by atoms with Gasteiger partial charge in [-0.3, -0.25) is 10.1 Å². The van der Waals surface area contributed by atoms with Gasteiger partial charge in [0.05, 0.1) is 16.4 Å². The number of sulfonamides is 1. The Hall–Kier alpha value is -1.81. The predicted octanol–water partition coefficient (Wildman–Crippen LogP) is 1.96. The van der Waals surface area contributed by atoms with Crippen LogP contribution in [0.1, 0.15) is 13.3 Å². The van der Waals surface area contributed by atoms with E-state index in [1.807, 2.05) is 6.92 Å². The Morgan fingerprint density at radius 3 is 2.57 bits per heavy atom. The Balaban J connectivity index is 3.11. The third-order valence-electron chi connectivity index (χ3n) is 2.47. The van der Waals surface area contributed by atoms with Gasteiger partial charge in [-0.1, -0.05) is 6.92 Å². The number of nitro groups is 1. The standard InChI is InChI=1S/C11H15F2N3O4S/c1-2-5-14-9-6-8(3-4-10(9)16(17)18)21(19,20)15-7-11(12)13/h3-4,6,11,14-15H,2,5,7H2,1H3. The molecule has 7 nitrogen and oxygen atoms in total. The lowest BCUT2D eigenvalue weighted by Crippen LogP contribution is -2.28. The van der Waals surface area contributed by atoms with Crippen LogP contribution in [0.3, 0.4) is 0 Å². The molecule has 0 saturated carbocycles. The van der Waals surface area contributed by atoms with E-state index >= 15 is 0 Å². The summed E-state index contributed by atoms with van der Waals surface area (Å²) < 4.78 is 49.5. The van der Waals surface area contributed by atoms with Gasteiger partial charge >= 0.3 is 0 Å². The second-order valence-electron chi connectivity index (χ2n) is 4.11. The minimum absolute atomic E-state index is 0.0294. The monoisotopic (exact) mass is 323 g/mol. The molecule has 0 radical (unpaired) electrons. The van der Waals surface area contributed by atoms with Crippen molar-refractivity contribution in [2.24, 2.45) is 0 Å². The molecule has 0 fully saturated rings. The number of nitro benzene ring substituents is 1. The first-order valence-corrected chi connectivity index (χ1v) is 7.56. The van der Waals surface area contributed by atoms with E-state index in [2.05, 4.69) is 5.32 Å². The fourth-order valence-electron chi connectivity index (χ4n) is 1.50. The molecule has 118 valence electrons. The van der Waals surface area contributed by atoms with Crippen molar-refractivity contribution in [2.45, 2.75) is 24.7 Å². The predicted molar refractivity (Wildman–Crippen MR) is 73.1 cm³/mol. The van der Waals surface area contributed by atoms with Crippen LogP contribution in [0.2, 0.25) is 0 Å². The van der Waals surface area contributed by atoms with E-state index in [1.165, 1.54) is 0 Å². The summed E-state index contributed by atoms with van der Waals surface area (Å²) >= 11 is 0. The van der Waals surface area contributed by atoms with Crippen molar-refractivity contribution in [3.8, 4) is 0 Å². The van der Waals surface area contributed by atoms with Gasteiger partial charge in [-0.2, -0.15) is 0 Å². The van der Waals surface area contributed by atoms with E-state index in [9.17, 15) is 27.3 Å². The van der Waals surface area contributed by atoms with Crippen LogP contribution < -0.4 is 10.0 Å². The van der Waals surface area contributed by atoms with Crippen molar-refractivity contribution in [1.82, 2.24) is 4.72 Å². The van der Waals surface area contributed by atoms with E-state index in [0.29, 0.717) is 13.0 Å². The number of hydrogen-bond donors (Lipinski definition) is 2. The number of hydrogen-bond acceptors (Lipinski definition) is 5. The van der Waals surface area contributed by atoms with Gasteiger partial charge in [0.2, 0.25) is 10.0 Å². The van der Waals surface area contributed by atoms with Crippen molar-refractivity contribution in [3.63, 3.8) is 0 Å². The molecule has 0 heterocycles. The summed E-state index contributed by atoms with van der Waals surface area (Å²) in [7, 11) is -4.14. The number of rotatable bonds is 8. The van der Waals surface area contributed by atoms with E-state index in [-0.39, 0.29) is 16.3 Å². The van der Waals surface area contributed by atoms with Gasteiger partial charge in [-0.25, -0.2) is 21.9 Å². The molecule has 1 aromatic carbocycles. The lowest BCUT2D eigenvalue weighted by Gasteiger charge is -2.10. The maximum atomic E-state index is 12.1. The highest BCUT2D eigenvalue weighted by molar-refractivity contribution is 7.89. The maximum Gasteiger partial charge on any atom is 0.292 e. The summed E-state index contributed by atoms with van der Waals surface area (Å²) in [6.07, 6.45) is -2.15. The molecule has 1 aromatic rings. The summed E-state index contributed by atoms with van der Waals surface area (Å²) in [4.78, 5) is 9.90. The molecule has 0 atom stereocenters. The number of nitrogens with one attached hydrogen (secondary N) is 2. The molecule has 0 unspecified atom stereocenters. The topological polar surface area (TPSA) is 101 Å². The van der Waals surface area contributed by atoms with Crippen LogP contribution in [0.5, 0.6) is 0 Å².